The van der Waals surface area contributed by atoms with Crippen molar-refractivity contribution in [2.24, 2.45) is 5.73 Å². The van der Waals surface area contributed by atoms with Crippen LogP contribution in [0.2, 0.25) is 0 Å². The van der Waals surface area contributed by atoms with Crippen LogP contribution in [-0.4, -0.2) is 24.0 Å². The smallest absolute Gasteiger partial charge is 0.226 e. The number of hydrogen-bond acceptors (Lipinski definition) is 5. The molecular formula is C13H22ClN3O2S. The SMILES string of the molecule is Cl.NCCCCCCC(=O)Nc1nc2c(s1)COCC2. The third-order valence-electron chi connectivity index (χ3n) is 3.10. The van der Waals surface area contributed by atoms with Crippen LogP contribution < -0.4 is 11.1 Å². The number of carbonyl (C=O) groups is 1. The number of nitrogens with zero attached hydrogens (tertiary/aromatic N) is 1. The summed E-state index contributed by atoms with van der Waals surface area (Å²) < 4.78 is 5.36. The standard InChI is InChI=1S/C13H21N3O2S.ClH/c14-7-4-2-1-3-5-12(17)16-13-15-10-6-8-18-9-11(10)19-13;/h1-9,14H2,(H,15,16,17);1H. The minimum Gasteiger partial charge on any atom is -0.375 e. The van der Waals surface area contributed by atoms with E-state index in [4.69, 9.17) is 10.5 Å². The normalized spacial score (nSPS) is 13.4. The van der Waals surface area contributed by atoms with Gasteiger partial charge in [0.1, 0.15) is 0 Å². The van der Waals surface area contributed by atoms with Crippen LogP contribution in [0.5, 0.6) is 0 Å². The summed E-state index contributed by atoms with van der Waals surface area (Å²) in [5.41, 5.74) is 6.50. The maximum Gasteiger partial charge on any atom is 0.226 e. The lowest BCUT2D eigenvalue weighted by Gasteiger charge is -2.08. The summed E-state index contributed by atoms with van der Waals surface area (Å²) in [6.45, 7) is 2.09. The molecular weight excluding hydrogens is 298 g/mol. The Labute approximate surface area is 129 Å². The Morgan fingerprint density at radius 2 is 2.15 bits per heavy atom. The summed E-state index contributed by atoms with van der Waals surface area (Å²) in [4.78, 5) is 17.3. The van der Waals surface area contributed by atoms with E-state index in [9.17, 15) is 4.79 Å². The monoisotopic (exact) mass is 319 g/mol. The molecule has 114 valence electrons. The van der Waals surface area contributed by atoms with Crippen LogP contribution in [0.4, 0.5) is 5.13 Å². The topological polar surface area (TPSA) is 77.2 Å². The highest BCUT2D eigenvalue weighted by Gasteiger charge is 2.16. The molecule has 2 rings (SSSR count). The van der Waals surface area contributed by atoms with Gasteiger partial charge in [0, 0.05) is 12.8 Å². The number of carbonyl (C=O) groups excluding carboxylic acids is 1. The maximum atomic E-state index is 11.8. The first-order valence-corrected chi connectivity index (χ1v) is 7.67. The number of thiazole rings is 1. The number of nitrogens with two attached hydrogens (primary N) is 1. The van der Waals surface area contributed by atoms with E-state index in [0.29, 0.717) is 18.2 Å². The molecule has 0 aromatic carbocycles. The Balaban J connectivity index is 0.00000200. The number of halogens is 1. The minimum atomic E-state index is 0. The van der Waals surface area contributed by atoms with Crippen molar-refractivity contribution in [3.8, 4) is 0 Å². The number of amides is 1. The molecule has 1 aliphatic heterocycles. The Morgan fingerprint density at radius 1 is 1.35 bits per heavy atom. The number of ether oxygens (including phenoxy) is 1. The number of aromatic nitrogens is 1. The van der Waals surface area contributed by atoms with Gasteiger partial charge in [-0.3, -0.25) is 4.79 Å². The van der Waals surface area contributed by atoms with E-state index in [1.54, 1.807) is 0 Å². The minimum absolute atomic E-state index is 0. The fourth-order valence-electron chi connectivity index (χ4n) is 2.04. The molecule has 0 saturated carbocycles. The zero-order chi connectivity index (χ0) is 13.5. The van der Waals surface area contributed by atoms with Crippen LogP contribution in [0.3, 0.4) is 0 Å². The van der Waals surface area contributed by atoms with E-state index in [2.05, 4.69) is 10.3 Å². The highest BCUT2D eigenvalue weighted by atomic mass is 35.5. The Kier molecular flexibility index (Phi) is 8.06. The summed E-state index contributed by atoms with van der Waals surface area (Å²) in [6, 6.07) is 0. The molecule has 20 heavy (non-hydrogen) atoms. The molecule has 0 fully saturated rings. The molecule has 1 aromatic heterocycles. The van der Waals surface area contributed by atoms with Gasteiger partial charge in [-0.05, 0) is 19.4 Å². The van der Waals surface area contributed by atoms with Crippen LogP contribution in [0.1, 0.15) is 42.7 Å². The maximum absolute atomic E-state index is 11.8. The van der Waals surface area contributed by atoms with Gasteiger partial charge in [0.25, 0.3) is 0 Å². The van der Waals surface area contributed by atoms with Crippen LogP contribution in [0.25, 0.3) is 0 Å². The predicted octanol–water partition coefficient (Wildman–Crippen LogP) is 2.49. The Morgan fingerprint density at radius 3 is 2.90 bits per heavy atom. The van der Waals surface area contributed by atoms with Crippen LogP contribution in [0.15, 0.2) is 0 Å². The molecule has 3 N–H and O–H groups in total. The van der Waals surface area contributed by atoms with E-state index >= 15 is 0 Å². The van der Waals surface area contributed by atoms with E-state index in [1.165, 1.54) is 11.3 Å². The molecule has 0 saturated heterocycles. The molecule has 1 aliphatic rings. The first kappa shape index (κ1) is 17.4. The zero-order valence-corrected chi connectivity index (χ0v) is 13.2. The zero-order valence-electron chi connectivity index (χ0n) is 11.5. The van der Waals surface area contributed by atoms with Gasteiger partial charge in [0.2, 0.25) is 5.91 Å². The predicted molar refractivity (Wildman–Crippen MR) is 83.5 cm³/mol. The summed E-state index contributed by atoms with van der Waals surface area (Å²) in [7, 11) is 0. The highest BCUT2D eigenvalue weighted by molar-refractivity contribution is 7.15. The quantitative estimate of drug-likeness (QED) is 0.757. The van der Waals surface area contributed by atoms with Crippen molar-refractivity contribution in [1.82, 2.24) is 4.98 Å². The number of hydrogen-bond donors (Lipinski definition) is 2. The van der Waals surface area contributed by atoms with Gasteiger partial charge in [0.15, 0.2) is 5.13 Å². The summed E-state index contributed by atoms with van der Waals surface area (Å²) >= 11 is 1.53. The number of anilines is 1. The average molecular weight is 320 g/mol. The molecule has 2 heterocycles. The van der Waals surface area contributed by atoms with Gasteiger partial charge < -0.3 is 15.8 Å². The second-order valence-electron chi connectivity index (χ2n) is 4.69. The van der Waals surface area contributed by atoms with E-state index in [-0.39, 0.29) is 18.3 Å². The third kappa shape index (κ3) is 5.36. The summed E-state index contributed by atoms with van der Waals surface area (Å²) in [5, 5.41) is 3.59. The number of fused-ring (bicyclic) bond motifs is 1. The van der Waals surface area contributed by atoms with Crippen molar-refractivity contribution < 1.29 is 9.53 Å². The fourth-order valence-corrected chi connectivity index (χ4v) is 3.01. The van der Waals surface area contributed by atoms with Crippen LogP contribution in [-0.2, 0) is 22.6 Å². The Bertz CT molecular complexity index is 402. The van der Waals surface area contributed by atoms with Crippen molar-refractivity contribution in [1.29, 1.82) is 0 Å². The summed E-state index contributed by atoms with van der Waals surface area (Å²) in [6.07, 6.45) is 5.53. The first-order valence-electron chi connectivity index (χ1n) is 6.86. The molecule has 0 aliphatic carbocycles. The first-order chi connectivity index (χ1) is 9.29. The van der Waals surface area contributed by atoms with Gasteiger partial charge in [0.05, 0.1) is 23.8 Å². The number of nitrogens with one attached hydrogen (secondary N) is 1. The van der Waals surface area contributed by atoms with Gasteiger partial charge in [-0.25, -0.2) is 4.98 Å². The van der Waals surface area contributed by atoms with Gasteiger partial charge >= 0.3 is 0 Å². The van der Waals surface area contributed by atoms with Crippen molar-refractivity contribution in [3.05, 3.63) is 10.6 Å². The van der Waals surface area contributed by atoms with E-state index in [0.717, 1.165) is 55.8 Å². The molecule has 0 unspecified atom stereocenters. The lowest BCUT2D eigenvalue weighted by molar-refractivity contribution is -0.116. The molecule has 0 radical (unpaired) electrons. The van der Waals surface area contributed by atoms with E-state index < -0.39 is 0 Å². The van der Waals surface area contributed by atoms with Crippen LogP contribution in [0, 0.1) is 0 Å². The van der Waals surface area contributed by atoms with E-state index in [1.807, 2.05) is 0 Å². The number of unbranched alkanes of at least 4 members (excludes halogenated alkanes) is 3. The van der Waals surface area contributed by atoms with Crippen molar-refractivity contribution in [2.45, 2.75) is 45.1 Å². The highest BCUT2D eigenvalue weighted by Crippen LogP contribution is 2.27. The largest absolute Gasteiger partial charge is 0.375 e. The molecule has 7 heteroatoms. The molecule has 1 aromatic rings. The van der Waals surface area contributed by atoms with Gasteiger partial charge in [-0.15, -0.1) is 12.4 Å². The molecule has 0 spiro atoms. The molecule has 5 nitrogen and oxygen atoms in total. The molecule has 1 amide bonds. The fraction of sp³-hybridized carbons (Fsp3) is 0.692. The average Bonchev–Trinajstić information content (AvgIpc) is 2.80. The lowest BCUT2D eigenvalue weighted by atomic mass is 10.1. The number of rotatable bonds is 7. The molecule has 0 bridgehead atoms. The second-order valence-corrected chi connectivity index (χ2v) is 5.78. The van der Waals surface area contributed by atoms with Gasteiger partial charge in [-0.1, -0.05) is 24.2 Å². The Hall–Kier alpha value is -0.690. The van der Waals surface area contributed by atoms with Crippen LogP contribution >= 0.6 is 23.7 Å². The van der Waals surface area contributed by atoms with Crippen molar-refractivity contribution >= 4 is 34.8 Å². The summed E-state index contributed by atoms with van der Waals surface area (Å²) in [5.74, 6) is 0.0553. The van der Waals surface area contributed by atoms with Crippen molar-refractivity contribution in [2.75, 3.05) is 18.5 Å². The lowest BCUT2D eigenvalue weighted by Crippen LogP contribution is -2.11. The van der Waals surface area contributed by atoms with Crippen molar-refractivity contribution in [3.63, 3.8) is 0 Å². The van der Waals surface area contributed by atoms with Gasteiger partial charge in [-0.2, -0.15) is 0 Å². The molecule has 0 atom stereocenters. The third-order valence-corrected chi connectivity index (χ3v) is 4.09. The second kappa shape index (κ2) is 9.28.